The Balaban J connectivity index is 1.34. The largest absolute Gasteiger partial charge is 0.386 e. The first-order valence-corrected chi connectivity index (χ1v) is 9.06. The normalized spacial score (nSPS) is 12.5. The van der Waals surface area contributed by atoms with Gasteiger partial charge < -0.3 is 15.0 Å². The molecule has 5 heteroatoms. The van der Waals surface area contributed by atoms with Crippen molar-refractivity contribution >= 4 is 21.4 Å². The lowest BCUT2D eigenvalue weighted by molar-refractivity contribution is 0.178. The average molecular weight is 349 g/mol. The van der Waals surface area contributed by atoms with Crippen LogP contribution in [0.2, 0.25) is 0 Å². The van der Waals surface area contributed by atoms with E-state index in [-0.39, 0.29) is 0 Å². The maximum absolute atomic E-state index is 10.4. The molecule has 4 rings (SSSR count). The Morgan fingerprint density at radius 3 is 2.72 bits per heavy atom. The number of aliphatic hydroxyl groups excluding tert-OH is 1. The molecule has 0 amide bonds. The summed E-state index contributed by atoms with van der Waals surface area (Å²) < 4.78 is 3.19. The van der Waals surface area contributed by atoms with Crippen LogP contribution in [0.1, 0.15) is 16.5 Å². The minimum absolute atomic E-state index is 0.484. The molecular formula is C20H19N3OS. The third-order valence-corrected chi connectivity index (χ3v) is 5.40. The van der Waals surface area contributed by atoms with Gasteiger partial charge in [0.25, 0.3) is 0 Å². The van der Waals surface area contributed by atoms with Gasteiger partial charge in [0.2, 0.25) is 0 Å². The summed E-state index contributed by atoms with van der Waals surface area (Å²) in [6.07, 6.45) is 5.00. The fourth-order valence-corrected chi connectivity index (χ4v) is 3.87. The number of fused-ring (bicyclic) bond motifs is 1. The van der Waals surface area contributed by atoms with Crippen LogP contribution in [0.15, 0.2) is 73.3 Å². The van der Waals surface area contributed by atoms with E-state index in [1.54, 1.807) is 23.9 Å². The van der Waals surface area contributed by atoms with Crippen molar-refractivity contribution in [3.63, 3.8) is 0 Å². The number of benzene rings is 2. The molecule has 0 spiro atoms. The summed E-state index contributed by atoms with van der Waals surface area (Å²) in [6, 6.07) is 18.6. The number of nitrogens with zero attached hydrogens (tertiary/aromatic N) is 2. The number of hydrogen-bond acceptors (Lipinski definition) is 4. The van der Waals surface area contributed by atoms with Gasteiger partial charge in [0.1, 0.15) is 6.10 Å². The highest BCUT2D eigenvalue weighted by atomic mass is 32.1. The molecule has 2 heterocycles. The molecule has 1 atom stereocenters. The standard InChI is InChI=1S/C20H19N3OS/c24-18(20-11-16-3-1-2-4-19(16)25-20)13-22-12-15-5-7-17(8-6-15)23-10-9-21-14-23/h1-11,14,18,22,24H,12-13H2. The van der Waals surface area contributed by atoms with E-state index in [0.717, 1.165) is 17.1 Å². The van der Waals surface area contributed by atoms with Crippen molar-refractivity contribution in [1.29, 1.82) is 0 Å². The minimum Gasteiger partial charge on any atom is -0.386 e. The van der Waals surface area contributed by atoms with Gasteiger partial charge in [-0.25, -0.2) is 4.98 Å². The number of thiophene rings is 1. The lowest BCUT2D eigenvalue weighted by atomic mass is 10.2. The van der Waals surface area contributed by atoms with Crippen molar-refractivity contribution in [3.8, 4) is 5.69 Å². The first-order chi connectivity index (χ1) is 12.3. The lowest BCUT2D eigenvalue weighted by Crippen LogP contribution is -2.20. The fraction of sp³-hybridized carbons (Fsp3) is 0.150. The molecule has 0 saturated carbocycles. The van der Waals surface area contributed by atoms with Crippen LogP contribution in [-0.2, 0) is 6.54 Å². The molecule has 4 nitrogen and oxygen atoms in total. The van der Waals surface area contributed by atoms with E-state index in [0.29, 0.717) is 6.54 Å². The number of hydrogen-bond donors (Lipinski definition) is 2. The van der Waals surface area contributed by atoms with Crippen LogP contribution in [0, 0.1) is 0 Å². The maximum atomic E-state index is 10.4. The number of aromatic nitrogens is 2. The van der Waals surface area contributed by atoms with Gasteiger partial charge in [-0.3, -0.25) is 0 Å². The Morgan fingerprint density at radius 1 is 1.12 bits per heavy atom. The summed E-state index contributed by atoms with van der Waals surface area (Å²) in [7, 11) is 0. The van der Waals surface area contributed by atoms with E-state index in [2.05, 4.69) is 52.8 Å². The molecule has 0 aliphatic heterocycles. The summed E-state index contributed by atoms with van der Waals surface area (Å²) in [5.74, 6) is 0. The van der Waals surface area contributed by atoms with Crippen molar-refractivity contribution in [1.82, 2.24) is 14.9 Å². The summed E-state index contributed by atoms with van der Waals surface area (Å²) in [4.78, 5) is 5.06. The Hall–Kier alpha value is -2.47. The second-order valence-electron chi connectivity index (χ2n) is 5.97. The molecule has 126 valence electrons. The highest BCUT2D eigenvalue weighted by Gasteiger charge is 2.11. The van der Waals surface area contributed by atoms with E-state index < -0.39 is 6.10 Å². The average Bonchev–Trinajstić information content (AvgIpc) is 3.32. The number of nitrogens with one attached hydrogen (secondary N) is 1. The van der Waals surface area contributed by atoms with E-state index in [1.807, 2.05) is 22.9 Å². The molecule has 2 N–H and O–H groups in total. The van der Waals surface area contributed by atoms with Crippen molar-refractivity contribution in [2.24, 2.45) is 0 Å². The van der Waals surface area contributed by atoms with Gasteiger partial charge in [-0.15, -0.1) is 11.3 Å². The van der Waals surface area contributed by atoms with E-state index in [4.69, 9.17) is 0 Å². The Kier molecular flexibility index (Phi) is 4.61. The summed E-state index contributed by atoms with van der Waals surface area (Å²) in [5.41, 5.74) is 2.28. The molecule has 2 aromatic heterocycles. The van der Waals surface area contributed by atoms with E-state index >= 15 is 0 Å². The van der Waals surface area contributed by atoms with Crippen LogP contribution in [0.4, 0.5) is 0 Å². The van der Waals surface area contributed by atoms with Gasteiger partial charge in [0, 0.05) is 40.7 Å². The van der Waals surface area contributed by atoms with Crippen LogP contribution in [0.3, 0.4) is 0 Å². The first kappa shape index (κ1) is 16.0. The van der Waals surface area contributed by atoms with Crippen molar-refractivity contribution < 1.29 is 5.11 Å². The summed E-state index contributed by atoms with van der Waals surface area (Å²) in [5, 5.41) is 14.9. The number of rotatable bonds is 6. The SMILES string of the molecule is OC(CNCc1ccc(-n2ccnc2)cc1)c1cc2ccccc2s1. The second kappa shape index (κ2) is 7.19. The van der Waals surface area contributed by atoms with Crippen molar-refractivity contribution in [3.05, 3.63) is 83.8 Å². The predicted molar refractivity (Wildman–Crippen MR) is 102 cm³/mol. The molecule has 0 aliphatic rings. The molecular weight excluding hydrogens is 330 g/mol. The van der Waals surface area contributed by atoms with E-state index in [1.165, 1.54) is 15.6 Å². The Bertz CT molecular complexity index is 912. The Morgan fingerprint density at radius 2 is 1.96 bits per heavy atom. The highest BCUT2D eigenvalue weighted by Crippen LogP contribution is 2.29. The minimum atomic E-state index is -0.484. The summed E-state index contributed by atoms with van der Waals surface area (Å²) >= 11 is 1.65. The molecule has 25 heavy (non-hydrogen) atoms. The molecule has 0 aliphatic carbocycles. The van der Waals surface area contributed by atoms with Gasteiger partial charge >= 0.3 is 0 Å². The zero-order valence-electron chi connectivity index (χ0n) is 13.7. The topological polar surface area (TPSA) is 50.1 Å². The van der Waals surface area contributed by atoms with Crippen LogP contribution >= 0.6 is 11.3 Å². The van der Waals surface area contributed by atoms with Crippen LogP contribution in [-0.4, -0.2) is 21.2 Å². The number of imidazole rings is 1. The van der Waals surface area contributed by atoms with Gasteiger partial charge in [-0.05, 0) is 35.2 Å². The van der Waals surface area contributed by atoms with Gasteiger partial charge in [-0.1, -0.05) is 30.3 Å². The molecule has 1 unspecified atom stereocenters. The monoisotopic (exact) mass is 349 g/mol. The zero-order chi connectivity index (χ0) is 17.1. The fourth-order valence-electron chi connectivity index (χ4n) is 2.82. The second-order valence-corrected chi connectivity index (χ2v) is 7.09. The van der Waals surface area contributed by atoms with Gasteiger partial charge in [0.05, 0.1) is 6.33 Å². The smallest absolute Gasteiger partial charge is 0.101 e. The van der Waals surface area contributed by atoms with Crippen LogP contribution in [0.25, 0.3) is 15.8 Å². The third kappa shape index (κ3) is 3.64. The van der Waals surface area contributed by atoms with Crippen LogP contribution < -0.4 is 5.32 Å². The van der Waals surface area contributed by atoms with Crippen molar-refractivity contribution in [2.75, 3.05) is 6.54 Å². The molecule has 2 aromatic carbocycles. The molecule has 4 aromatic rings. The Labute approximate surface area is 150 Å². The van der Waals surface area contributed by atoms with Crippen LogP contribution in [0.5, 0.6) is 0 Å². The first-order valence-electron chi connectivity index (χ1n) is 8.24. The number of aliphatic hydroxyl groups is 1. The zero-order valence-corrected chi connectivity index (χ0v) is 14.5. The van der Waals surface area contributed by atoms with Crippen molar-refractivity contribution in [2.45, 2.75) is 12.6 Å². The molecule has 0 saturated heterocycles. The van der Waals surface area contributed by atoms with E-state index in [9.17, 15) is 5.11 Å². The third-order valence-electron chi connectivity index (χ3n) is 4.18. The maximum Gasteiger partial charge on any atom is 0.101 e. The molecule has 0 radical (unpaired) electrons. The summed E-state index contributed by atoms with van der Waals surface area (Å²) in [6.45, 7) is 1.27. The van der Waals surface area contributed by atoms with Gasteiger partial charge in [0.15, 0.2) is 0 Å². The highest BCUT2D eigenvalue weighted by molar-refractivity contribution is 7.19. The quantitative estimate of drug-likeness (QED) is 0.555. The molecule has 0 fully saturated rings. The predicted octanol–water partition coefficient (Wildman–Crippen LogP) is 3.91. The lowest BCUT2D eigenvalue weighted by Gasteiger charge is -2.10. The van der Waals surface area contributed by atoms with Gasteiger partial charge in [-0.2, -0.15) is 0 Å². The molecule has 0 bridgehead atoms.